The summed E-state index contributed by atoms with van der Waals surface area (Å²) >= 11 is 2.26. The number of halogens is 1. The maximum Gasteiger partial charge on any atom is 0.344 e. The van der Waals surface area contributed by atoms with E-state index in [4.69, 9.17) is 4.42 Å². The van der Waals surface area contributed by atoms with E-state index >= 15 is 0 Å². The lowest BCUT2D eigenvalue weighted by Gasteiger charge is -2.06. The Morgan fingerprint density at radius 2 is 1.70 bits per heavy atom. The summed E-state index contributed by atoms with van der Waals surface area (Å²) in [6.45, 7) is 0. The highest BCUT2D eigenvalue weighted by Gasteiger charge is 2.10. The highest BCUT2D eigenvalue weighted by molar-refractivity contribution is 14.1. The van der Waals surface area contributed by atoms with Crippen molar-refractivity contribution in [2.75, 3.05) is 0 Å². The van der Waals surface area contributed by atoms with Gasteiger partial charge in [-0.15, -0.1) is 0 Å². The van der Waals surface area contributed by atoms with E-state index in [2.05, 4.69) is 34.7 Å². The molecule has 3 aromatic carbocycles. The normalized spacial score (nSPS) is 11.4. The van der Waals surface area contributed by atoms with Gasteiger partial charge < -0.3 is 4.42 Å². The lowest BCUT2D eigenvalue weighted by molar-refractivity contribution is 0.570. The minimum atomic E-state index is -0.279. The van der Waals surface area contributed by atoms with Crippen molar-refractivity contribution in [3.05, 3.63) is 68.6 Å². The number of benzene rings is 3. The second kappa shape index (κ2) is 4.31. The zero-order valence-electron chi connectivity index (χ0n) is 10.4. The lowest BCUT2D eigenvalue weighted by atomic mass is 10.0. The molecular weight excluding hydrogens is 363 g/mol. The Kier molecular flexibility index (Phi) is 2.57. The third kappa shape index (κ3) is 1.66. The van der Waals surface area contributed by atoms with Crippen molar-refractivity contribution in [3.8, 4) is 0 Å². The average molecular weight is 372 g/mol. The fraction of sp³-hybridized carbons (Fsp3) is 0. The van der Waals surface area contributed by atoms with E-state index in [1.165, 1.54) is 0 Å². The summed E-state index contributed by atoms with van der Waals surface area (Å²) in [5.41, 5.74) is 0.363. The third-order valence-electron chi connectivity index (χ3n) is 3.56. The minimum absolute atomic E-state index is 0.279. The zero-order valence-corrected chi connectivity index (χ0v) is 12.5. The Hall–Kier alpha value is -1.88. The van der Waals surface area contributed by atoms with Crippen molar-refractivity contribution in [3.63, 3.8) is 0 Å². The fourth-order valence-electron chi connectivity index (χ4n) is 2.67. The van der Waals surface area contributed by atoms with Gasteiger partial charge in [0.2, 0.25) is 0 Å². The molecule has 1 aromatic heterocycles. The largest absolute Gasteiger partial charge is 0.422 e. The molecule has 0 bridgehead atoms. The molecule has 0 spiro atoms. The highest BCUT2D eigenvalue weighted by Crippen LogP contribution is 2.31. The molecule has 0 radical (unpaired) electrons. The van der Waals surface area contributed by atoms with Crippen LogP contribution in [0.25, 0.3) is 32.5 Å². The first-order chi connectivity index (χ1) is 9.74. The molecule has 3 heteroatoms. The van der Waals surface area contributed by atoms with Crippen LogP contribution in [0.5, 0.6) is 0 Å². The molecule has 0 atom stereocenters. The Labute approximate surface area is 128 Å². The average Bonchev–Trinajstić information content (AvgIpc) is 2.46. The molecular formula is C17H9IO2. The van der Waals surface area contributed by atoms with Gasteiger partial charge in [-0.25, -0.2) is 4.79 Å². The van der Waals surface area contributed by atoms with Gasteiger partial charge in [0.1, 0.15) is 5.58 Å². The topological polar surface area (TPSA) is 30.2 Å². The van der Waals surface area contributed by atoms with Crippen LogP contribution in [0.1, 0.15) is 0 Å². The summed E-state index contributed by atoms with van der Waals surface area (Å²) in [6, 6.07) is 17.8. The van der Waals surface area contributed by atoms with Crippen molar-refractivity contribution in [1.82, 2.24) is 0 Å². The molecule has 0 aliphatic carbocycles. The van der Waals surface area contributed by atoms with E-state index in [9.17, 15) is 4.79 Å². The molecule has 0 aliphatic rings. The third-order valence-corrected chi connectivity index (χ3v) is 4.24. The number of fused-ring (bicyclic) bond motifs is 5. The molecule has 1 heterocycles. The molecule has 0 amide bonds. The van der Waals surface area contributed by atoms with Gasteiger partial charge in [0.05, 0.1) is 5.39 Å². The van der Waals surface area contributed by atoms with Gasteiger partial charge in [-0.05, 0) is 57.6 Å². The summed E-state index contributed by atoms with van der Waals surface area (Å²) in [7, 11) is 0. The smallest absolute Gasteiger partial charge is 0.344 e. The van der Waals surface area contributed by atoms with Crippen LogP contribution in [0, 0.1) is 3.57 Å². The molecule has 0 saturated heterocycles. The van der Waals surface area contributed by atoms with Crippen LogP contribution in [0.2, 0.25) is 0 Å². The Bertz CT molecular complexity index is 1030. The van der Waals surface area contributed by atoms with E-state index in [-0.39, 0.29) is 5.63 Å². The van der Waals surface area contributed by atoms with Crippen molar-refractivity contribution >= 4 is 55.1 Å². The monoisotopic (exact) mass is 372 g/mol. The maximum absolute atomic E-state index is 12.1. The van der Waals surface area contributed by atoms with E-state index in [1.54, 1.807) is 0 Å². The summed E-state index contributed by atoms with van der Waals surface area (Å²) in [5, 5.41) is 4.86. The molecule has 0 fully saturated rings. The molecule has 4 aromatic rings. The second-order valence-electron chi connectivity index (χ2n) is 4.74. The van der Waals surface area contributed by atoms with Gasteiger partial charge in [-0.2, -0.15) is 0 Å². The Morgan fingerprint density at radius 1 is 0.850 bits per heavy atom. The van der Waals surface area contributed by atoms with Crippen molar-refractivity contribution in [2.24, 2.45) is 0 Å². The number of rotatable bonds is 0. The summed E-state index contributed by atoms with van der Waals surface area (Å²) in [5.74, 6) is 0. The van der Waals surface area contributed by atoms with Crippen molar-refractivity contribution in [1.29, 1.82) is 0 Å². The van der Waals surface area contributed by atoms with Crippen molar-refractivity contribution < 1.29 is 4.42 Å². The van der Waals surface area contributed by atoms with Crippen LogP contribution in [-0.2, 0) is 0 Å². The standard InChI is InChI=1S/C17H9IO2/c18-11-6-7-13-14(9-11)16-12-4-2-1-3-10(12)5-8-15(16)20-17(13)19/h1-9H. The predicted molar refractivity (Wildman–Crippen MR) is 90.2 cm³/mol. The minimum Gasteiger partial charge on any atom is -0.422 e. The molecule has 0 saturated carbocycles. The Morgan fingerprint density at radius 3 is 2.60 bits per heavy atom. The van der Waals surface area contributed by atoms with Gasteiger partial charge in [0, 0.05) is 14.3 Å². The molecule has 0 unspecified atom stereocenters. The lowest BCUT2D eigenvalue weighted by Crippen LogP contribution is -2.00. The van der Waals surface area contributed by atoms with E-state index < -0.39 is 0 Å². The van der Waals surface area contributed by atoms with Gasteiger partial charge in [0.25, 0.3) is 0 Å². The van der Waals surface area contributed by atoms with Gasteiger partial charge >= 0.3 is 5.63 Å². The van der Waals surface area contributed by atoms with Crippen LogP contribution in [0.15, 0.2) is 63.8 Å². The van der Waals surface area contributed by atoms with Crippen molar-refractivity contribution in [2.45, 2.75) is 0 Å². The molecule has 96 valence electrons. The maximum atomic E-state index is 12.1. The van der Waals surface area contributed by atoms with Crippen LogP contribution in [0.4, 0.5) is 0 Å². The summed E-state index contributed by atoms with van der Waals surface area (Å²) in [6.07, 6.45) is 0. The van der Waals surface area contributed by atoms with Crippen LogP contribution in [0.3, 0.4) is 0 Å². The highest BCUT2D eigenvalue weighted by atomic mass is 127. The summed E-state index contributed by atoms with van der Waals surface area (Å²) in [4.78, 5) is 12.1. The fourth-order valence-corrected chi connectivity index (χ4v) is 3.16. The zero-order chi connectivity index (χ0) is 13.7. The van der Waals surface area contributed by atoms with Crippen LogP contribution < -0.4 is 5.63 Å². The summed E-state index contributed by atoms with van der Waals surface area (Å²) < 4.78 is 6.57. The molecule has 2 nitrogen and oxygen atoms in total. The van der Waals surface area contributed by atoms with Gasteiger partial charge in [-0.3, -0.25) is 0 Å². The van der Waals surface area contributed by atoms with E-state index in [0.717, 1.165) is 25.1 Å². The number of hydrogen-bond donors (Lipinski definition) is 0. The van der Waals surface area contributed by atoms with Gasteiger partial charge in [-0.1, -0.05) is 30.3 Å². The van der Waals surface area contributed by atoms with Crippen LogP contribution >= 0.6 is 22.6 Å². The quantitative estimate of drug-likeness (QED) is 0.254. The molecule has 0 N–H and O–H groups in total. The van der Waals surface area contributed by atoms with E-state index in [1.807, 2.05) is 42.5 Å². The first-order valence-electron chi connectivity index (χ1n) is 6.28. The second-order valence-corrected chi connectivity index (χ2v) is 5.98. The van der Waals surface area contributed by atoms with Crippen LogP contribution in [-0.4, -0.2) is 0 Å². The first kappa shape index (κ1) is 11.9. The Balaban J connectivity index is 2.41. The molecule has 20 heavy (non-hydrogen) atoms. The van der Waals surface area contributed by atoms with E-state index in [0.29, 0.717) is 11.0 Å². The number of hydrogen-bond acceptors (Lipinski definition) is 2. The predicted octanol–water partition coefficient (Wildman–Crippen LogP) is 4.70. The molecule has 4 rings (SSSR count). The van der Waals surface area contributed by atoms with Gasteiger partial charge in [0.15, 0.2) is 0 Å². The molecule has 0 aliphatic heterocycles. The first-order valence-corrected chi connectivity index (χ1v) is 7.36. The SMILES string of the molecule is O=c1oc2ccc3ccccc3c2c2cc(I)ccc12.